The van der Waals surface area contributed by atoms with Gasteiger partial charge in [0.2, 0.25) is 5.91 Å². The van der Waals surface area contributed by atoms with E-state index in [1.165, 1.54) is 0 Å². The standard InChI is InChI=1S/C14H19ClN2OS.ClH/c15-12-2-4-13(5-3-12)19-11-6-14(18)17-9-1-7-16-8-10-17;/h2-5,16H,1,6-11H2;1H. The van der Waals surface area contributed by atoms with Gasteiger partial charge in [0.15, 0.2) is 0 Å². The normalized spacial score (nSPS) is 15.3. The highest BCUT2D eigenvalue weighted by Crippen LogP contribution is 2.21. The molecule has 1 N–H and O–H groups in total. The number of carbonyl (C=O) groups excluding carboxylic acids is 1. The fourth-order valence-corrected chi connectivity index (χ4v) is 3.01. The lowest BCUT2D eigenvalue weighted by Gasteiger charge is -2.19. The highest BCUT2D eigenvalue weighted by Gasteiger charge is 2.14. The monoisotopic (exact) mass is 334 g/mol. The summed E-state index contributed by atoms with van der Waals surface area (Å²) in [7, 11) is 0. The molecule has 20 heavy (non-hydrogen) atoms. The molecule has 1 fully saturated rings. The zero-order valence-corrected chi connectivity index (χ0v) is 13.7. The Morgan fingerprint density at radius 1 is 1.25 bits per heavy atom. The van der Waals surface area contributed by atoms with E-state index in [2.05, 4.69) is 5.32 Å². The zero-order valence-electron chi connectivity index (χ0n) is 11.3. The fraction of sp³-hybridized carbons (Fsp3) is 0.500. The molecule has 0 bridgehead atoms. The van der Waals surface area contributed by atoms with Gasteiger partial charge in [-0.15, -0.1) is 24.2 Å². The molecule has 0 spiro atoms. The molecule has 0 unspecified atom stereocenters. The van der Waals surface area contributed by atoms with Gasteiger partial charge in [0.1, 0.15) is 0 Å². The third-order valence-electron chi connectivity index (χ3n) is 3.09. The smallest absolute Gasteiger partial charge is 0.223 e. The molecule has 112 valence electrons. The summed E-state index contributed by atoms with van der Waals surface area (Å²) in [5, 5.41) is 4.06. The second-order valence-electron chi connectivity index (χ2n) is 4.54. The molecular formula is C14H20Cl2N2OS. The van der Waals surface area contributed by atoms with Crippen molar-refractivity contribution in [3.63, 3.8) is 0 Å². The first-order chi connectivity index (χ1) is 9.25. The Balaban J connectivity index is 0.00000200. The summed E-state index contributed by atoms with van der Waals surface area (Å²) >= 11 is 7.54. The Kier molecular flexibility index (Phi) is 8.38. The van der Waals surface area contributed by atoms with Crippen molar-refractivity contribution in [2.24, 2.45) is 0 Å². The molecule has 1 aromatic carbocycles. The van der Waals surface area contributed by atoms with Gasteiger partial charge in [-0.25, -0.2) is 0 Å². The molecule has 1 heterocycles. The number of hydrogen-bond donors (Lipinski definition) is 1. The van der Waals surface area contributed by atoms with Crippen molar-refractivity contribution in [1.82, 2.24) is 10.2 Å². The van der Waals surface area contributed by atoms with Crippen LogP contribution in [0.1, 0.15) is 12.8 Å². The number of thioether (sulfide) groups is 1. The van der Waals surface area contributed by atoms with Crippen LogP contribution in [0.4, 0.5) is 0 Å². The van der Waals surface area contributed by atoms with Crippen LogP contribution in [0, 0.1) is 0 Å². The topological polar surface area (TPSA) is 32.3 Å². The number of benzene rings is 1. The van der Waals surface area contributed by atoms with Gasteiger partial charge >= 0.3 is 0 Å². The highest BCUT2D eigenvalue weighted by atomic mass is 35.5. The first-order valence-electron chi connectivity index (χ1n) is 6.62. The van der Waals surface area contributed by atoms with Crippen molar-refractivity contribution < 1.29 is 4.79 Å². The lowest BCUT2D eigenvalue weighted by Crippen LogP contribution is -2.34. The lowest BCUT2D eigenvalue weighted by molar-refractivity contribution is -0.130. The number of halogens is 2. The van der Waals surface area contributed by atoms with Crippen LogP contribution in [0.5, 0.6) is 0 Å². The Labute approximate surface area is 135 Å². The van der Waals surface area contributed by atoms with E-state index in [0.717, 1.165) is 48.3 Å². The van der Waals surface area contributed by atoms with Crippen molar-refractivity contribution in [2.45, 2.75) is 17.7 Å². The molecule has 1 aliphatic heterocycles. The average molecular weight is 335 g/mol. The SMILES string of the molecule is Cl.O=C(CCSc1ccc(Cl)cc1)N1CCCNCC1. The average Bonchev–Trinajstić information content (AvgIpc) is 2.70. The molecule has 0 atom stereocenters. The Morgan fingerprint density at radius 2 is 2.00 bits per heavy atom. The van der Waals surface area contributed by atoms with E-state index in [-0.39, 0.29) is 18.3 Å². The van der Waals surface area contributed by atoms with Gasteiger partial charge in [0, 0.05) is 41.7 Å². The molecule has 1 aromatic rings. The summed E-state index contributed by atoms with van der Waals surface area (Å²) in [4.78, 5) is 15.2. The highest BCUT2D eigenvalue weighted by molar-refractivity contribution is 7.99. The summed E-state index contributed by atoms with van der Waals surface area (Å²) in [6.07, 6.45) is 1.66. The van der Waals surface area contributed by atoms with Gasteiger partial charge < -0.3 is 10.2 Å². The molecule has 0 aliphatic carbocycles. The van der Waals surface area contributed by atoms with Crippen molar-refractivity contribution in [1.29, 1.82) is 0 Å². The van der Waals surface area contributed by atoms with E-state index in [1.807, 2.05) is 29.2 Å². The van der Waals surface area contributed by atoms with Crippen LogP contribution in [-0.4, -0.2) is 42.7 Å². The van der Waals surface area contributed by atoms with Gasteiger partial charge in [-0.05, 0) is 37.2 Å². The molecule has 2 rings (SSSR count). The molecule has 1 saturated heterocycles. The summed E-state index contributed by atoms with van der Waals surface area (Å²) < 4.78 is 0. The second kappa shape index (κ2) is 9.50. The number of nitrogens with one attached hydrogen (secondary N) is 1. The van der Waals surface area contributed by atoms with Crippen LogP contribution >= 0.6 is 35.8 Å². The van der Waals surface area contributed by atoms with Crippen molar-refractivity contribution in [2.75, 3.05) is 31.9 Å². The van der Waals surface area contributed by atoms with Crippen LogP contribution in [0.25, 0.3) is 0 Å². The Hall–Kier alpha value is -0.420. The minimum absolute atomic E-state index is 0. The number of hydrogen-bond acceptors (Lipinski definition) is 3. The third-order valence-corrected chi connectivity index (χ3v) is 4.36. The van der Waals surface area contributed by atoms with Crippen LogP contribution in [0.15, 0.2) is 29.2 Å². The van der Waals surface area contributed by atoms with E-state index in [4.69, 9.17) is 11.6 Å². The molecule has 6 heteroatoms. The number of nitrogens with zero attached hydrogens (tertiary/aromatic N) is 1. The van der Waals surface area contributed by atoms with Gasteiger partial charge in [-0.2, -0.15) is 0 Å². The van der Waals surface area contributed by atoms with Crippen LogP contribution in [0.2, 0.25) is 5.02 Å². The van der Waals surface area contributed by atoms with E-state index < -0.39 is 0 Å². The largest absolute Gasteiger partial charge is 0.341 e. The zero-order chi connectivity index (χ0) is 13.5. The third kappa shape index (κ3) is 5.92. The molecule has 3 nitrogen and oxygen atoms in total. The number of rotatable bonds is 4. The summed E-state index contributed by atoms with van der Waals surface area (Å²) in [5.41, 5.74) is 0. The van der Waals surface area contributed by atoms with Gasteiger partial charge in [-0.3, -0.25) is 4.79 Å². The van der Waals surface area contributed by atoms with E-state index in [9.17, 15) is 4.79 Å². The molecule has 0 aromatic heterocycles. The molecule has 1 aliphatic rings. The molecule has 0 radical (unpaired) electrons. The van der Waals surface area contributed by atoms with Crippen molar-refractivity contribution >= 4 is 41.7 Å². The predicted octanol–water partition coefficient (Wildman–Crippen LogP) is 3.07. The maximum atomic E-state index is 12.1. The maximum Gasteiger partial charge on any atom is 0.223 e. The van der Waals surface area contributed by atoms with Crippen LogP contribution in [-0.2, 0) is 4.79 Å². The van der Waals surface area contributed by atoms with Crippen molar-refractivity contribution in [3.05, 3.63) is 29.3 Å². The Bertz CT molecular complexity index is 406. The Morgan fingerprint density at radius 3 is 2.75 bits per heavy atom. The molecule has 1 amide bonds. The maximum absolute atomic E-state index is 12.1. The first kappa shape index (κ1) is 17.6. The number of amides is 1. The van der Waals surface area contributed by atoms with Gasteiger partial charge in [-0.1, -0.05) is 11.6 Å². The predicted molar refractivity (Wildman–Crippen MR) is 88.1 cm³/mol. The van der Waals surface area contributed by atoms with E-state index in [1.54, 1.807) is 11.8 Å². The minimum Gasteiger partial charge on any atom is -0.341 e. The van der Waals surface area contributed by atoms with Gasteiger partial charge in [0.25, 0.3) is 0 Å². The van der Waals surface area contributed by atoms with Crippen LogP contribution in [0.3, 0.4) is 0 Å². The number of carbonyl (C=O) groups is 1. The van der Waals surface area contributed by atoms with Crippen molar-refractivity contribution in [3.8, 4) is 0 Å². The summed E-state index contributed by atoms with van der Waals surface area (Å²) in [6.45, 7) is 3.65. The minimum atomic E-state index is 0. The van der Waals surface area contributed by atoms with Crippen LogP contribution < -0.4 is 5.32 Å². The fourth-order valence-electron chi connectivity index (χ4n) is 2.04. The molecular weight excluding hydrogens is 315 g/mol. The second-order valence-corrected chi connectivity index (χ2v) is 6.14. The summed E-state index contributed by atoms with van der Waals surface area (Å²) in [5.74, 6) is 1.09. The lowest BCUT2D eigenvalue weighted by atomic mass is 10.3. The first-order valence-corrected chi connectivity index (χ1v) is 7.99. The molecule has 0 saturated carbocycles. The summed E-state index contributed by atoms with van der Waals surface area (Å²) in [6, 6.07) is 7.75. The van der Waals surface area contributed by atoms with E-state index in [0.29, 0.717) is 6.42 Å². The van der Waals surface area contributed by atoms with Gasteiger partial charge in [0.05, 0.1) is 0 Å². The van der Waals surface area contributed by atoms with E-state index >= 15 is 0 Å². The quantitative estimate of drug-likeness (QED) is 0.859.